The molecule has 6 heteroatoms. The van der Waals surface area contributed by atoms with Crippen molar-refractivity contribution in [3.05, 3.63) is 35.0 Å². The quantitative estimate of drug-likeness (QED) is 0.876. The Labute approximate surface area is 146 Å². The highest BCUT2D eigenvalue weighted by molar-refractivity contribution is 5.93. The third-order valence-electron chi connectivity index (χ3n) is 4.90. The van der Waals surface area contributed by atoms with Crippen LogP contribution in [0.15, 0.2) is 18.2 Å². The van der Waals surface area contributed by atoms with Crippen LogP contribution in [0.2, 0.25) is 0 Å². The fraction of sp³-hybridized carbons (Fsp3) is 0.474. The molecule has 6 nitrogen and oxygen atoms in total. The molecule has 0 bridgehead atoms. The first-order valence-corrected chi connectivity index (χ1v) is 8.90. The smallest absolute Gasteiger partial charge is 0.232 e. The first-order valence-electron chi connectivity index (χ1n) is 8.90. The molecule has 1 aromatic heterocycles. The van der Waals surface area contributed by atoms with E-state index in [1.165, 1.54) is 12.8 Å². The summed E-state index contributed by atoms with van der Waals surface area (Å²) in [5, 5.41) is 10.3. The summed E-state index contributed by atoms with van der Waals surface area (Å²) in [7, 11) is 0. The number of hydrogen-bond acceptors (Lipinski definition) is 4. The fourth-order valence-corrected chi connectivity index (χ4v) is 3.35. The van der Waals surface area contributed by atoms with Crippen LogP contribution in [0, 0.1) is 12.8 Å². The van der Waals surface area contributed by atoms with Crippen molar-refractivity contribution in [2.45, 2.75) is 39.0 Å². The van der Waals surface area contributed by atoms with Gasteiger partial charge in [0.15, 0.2) is 17.3 Å². The highest BCUT2D eigenvalue weighted by atomic mass is 16.5. The summed E-state index contributed by atoms with van der Waals surface area (Å²) in [5.41, 5.74) is 3.21. The molecule has 1 aliphatic carbocycles. The maximum Gasteiger partial charge on any atom is 0.232 e. The molecule has 1 aromatic carbocycles. The van der Waals surface area contributed by atoms with Gasteiger partial charge in [-0.3, -0.25) is 9.89 Å². The number of benzene rings is 1. The molecule has 1 atom stereocenters. The van der Waals surface area contributed by atoms with Gasteiger partial charge in [-0.2, -0.15) is 5.10 Å². The Balaban J connectivity index is 1.46. The molecule has 0 unspecified atom stereocenters. The van der Waals surface area contributed by atoms with E-state index in [9.17, 15) is 4.79 Å². The number of aromatic nitrogens is 2. The molecule has 25 heavy (non-hydrogen) atoms. The Hall–Kier alpha value is -2.50. The van der Waals surface area contributed by atoms with Gasteiger partial charge in [0, 0.05) is 17.2 Å². The van der Waals surface area contributed by atoms with E-state index in [4.69, 9.17) is 9.47 Å². The van der Waals surface area contributed by atoms with Gasteiger partial charge in [0.1, 0.15) is 6.61 Å². The molecule has 2 N–H and O–H groups in total. The van der Waals surface area contributed by atoms with Gasteiger partial charge in [-0.25, -0.2) is 0 Å². The normalized spacial score (nSPS) is 19.0. The van der Waals surface area contributed by atoms with Gasteiger partial charge >= 0.3 is 0 Å². The Morgan fingerprint density at radius 1 is 1.44 bits per heavy atom. The number of carbonyl (C=O) groups excluding carboxylic acids is 1. The minimum atomic E-state index is -0.232. The summed E-state index contributed by atoms with van der Waals surface area (Å²) in [6.07, 6.45) is 3.04. The SMILES string of the molecule is CCOc1cccc2c1OC[C@@H](C(=O)Nc1n[nH]c(C3CC3)c1C)C2. The first kappa shape index (κ1) is 16.0. The summed E-state index contributed by atoms with van der Waals surface area (Å²) < 4.78 is 11.5. The molecule has 1 saturated carbocycles. The van der Waals surface area contributed by atoms with Crippen LogP contribution in [0.3, 0.4) is 0 Å². The van der Waals surface area contributed by atoms with Gasteiger partial charge < -0.3 is 14.8 Å². The molecule has 0 radical (unpaired) electrons. The van der Waals surface area contributed by atoms with Crippen LogP contribution >= 0.6 is 0 Å². The Bertz CT molecular complexity index is 795. The Morgan fingerprint density at radius 3 is 3.04 bits per heavy atom. The van der Waals surface area contributed by atoms with Crippen LogP contribution in [0.4, 0.5) is 5.82 Å². The first-order chi connectivity index (χ1) is 12.2. The lowest BCUT2D eigenvalue weighted by Gasteiger charge is -2.26. The van der Waals surface area contributed by atoms with E-state index in [1.807, 2.05) is 32.0 Å². The van der Waals surface area contributed by atoms with E-state index < -0.39 is 0 Å². The topological polar surface area (TPSA) is 76.2 Å². The fourth-order valence-electron chi connectivity index (χ4n) is 3.35. The Morgan fingerprint density at radius 2 is 2.28 bits per heavy atom. The molecule has 2 aliphatic rings. The number of H-pyrrole nitrogens is 1. The lowest BCUT2D eigenvalue weighted by molar-refractivity contribution is -0.121. The number of fused-ring (bicyclic) bond motifs is 1. The highest BCUT2D eigenvalue weighted by Gasteiger charge is 2.31. The van der Waals surface area contributed by atoms with Crippen molar-refractivity contribution < 1.29 is 14.3 Å². The second kappa shape index (κ2) is 6.43. The lowest BCUT2D eigenvalue weighted by Crippen LogP contribution is -2.33. The van der Waals surface area contributed by atoms with Gasteiger partial charge in [-0.15, -0.1) is 0 Å². The zero-order valence-electron chi connectivity index (χ0n) is 14.6. The van der Waals surface area contributed by atoms with Crippen molar-refractivity contribution in [2.75, 3.05) is 18.5 Å². The third kappa shape index (κ3) is 3.08. The third-order valence-corrected chi connectivity index (χ3v) is 4.90. The van der Waals surface area contributed by atoms with E-state index in [-0.39, 0.29) is 11.8 Å². The van der Waals surface area contributed by atoms with Crippen LogP contribution in [0.5, 0.6) is 11.5 Å². The van der Waals surface area contributed by atoms with E-state index in [1.54, 1.807) is 0 Å². The average Bonchev–Trinajstić information content (AvgIpc) is 3.40. The van der Waals surface area contributed by atoms with Gasteiger partial charge in [-0.05, 0) is 44.7 Å². The second-order valence-electron chi connectivity index (χ2n) is 6.76. The number of amides is 1. The molecule has 0 spiro atoms. The average molecular weight is 341 g/mol. The molecule has 1 amide bonds. The summed E-state index contributed by atoms with van der Waals surface area (Å²) in [5.74, 6) is 2.45. The predicted octanol–water partition coefficient (Wildman–Crippen LogP) is 3.18. The minimum absolute atomic E-state index is 0.0515. The number of carbonyl (C=O) groups is 1. The standard InChI is InChI=1S/C19H23N3O3/c1-3-24-15-6-4-5-13-9-14(10-25-17(13)15)19(23)20-18-11(2)16(21-22-18)12-7-8-12/h4-6,12,14H,3,7-10H2,1-2H3,(H2,20,21,22,23)/t14-/m0/s1. The molecular weight excluding hydrogens is 318 g/mol. The number of aromatic amines is 1. The Kier molecular flexibility index (Phi) is 4.11. The van der Waals surface area contributed by atoms with Crippen LogP contribution < -0.4 is 14.8 Å². The lowest BCUT2D eigenvalue weighted by atomic mass is 9.95. The van der Waals surface area contributed by atoms with Crippen molar-refractivity contribution in [3.8, 4) is 11.5 Å². The molecule has 4 rings (SSSR count). The number of anilines is 1. The number of ether oxygens (including phenoxy) is 2. The molecule has 132 valence electrons. The zero-order valence-corrected chi connectivity index (χ0v) is 14.6. The summed E-state index contributed by atoms with van der Waals surface area (Å²) in [6.45, 7) is 4.89. The monoisotopic (exact) mass is 341 g/mol. The summed E-state index contributed by atoms with van der Waals surface area (Å²) in [4.78, 5) is 12.7. The highest BCUT2D eigenvalue weighted by Crippen LogP contribution is 2.42. The molecule has 1 aliphatic heterocycles. The molecular formula is C19H23N3O3. The molecule has 2 aromatic rings. The van der Waals surface area contributed by atoms with Crippen LogP contribution in [-0.2, 0) is 11.2 Å². The van der Waals surface area contributed by atoms with Crippen molar-refractivity contribution in [2.24, 2.45) is 5.92 Å². The van der Waals surface area contributed by atoms with Gasteiger partial charge in [0.2, 0.25) is 5.91 Å². The second-order valence-corrected chi connectivity index (χ2v) is 6.76. The maximum atomic E-state index is 12.7. The van der Waals surface area contributed by atoms with Gasteiger partial charge in [0.05, 0.1) is 12.5 Å². The van der Waals surface area contributed by atoms with Crippen molar-refractivity contribution in [1.29, 1.82) is 0 Å². The number of rotatable bonds is 5. The van der Waals surface area contributed by atoms with Gasteiger partial charge in [0.25, 0.3) is 0 Å². The van der Waals surface area contributed by atoms with Crippen LogP contribution in [0.1, 0.15) is 42.5 Å². The van der Waals surface area contributed by atoms with E-state index in [0.29, 0.717) is 31.4 Å². The van der Waals surface area contributed by atoms with E-state index in [2.05, 4.69) is 15.5 Å². The summed E-state index contributed by atoms with van der Waals surface area (Å²) >= 11 is 0. The number of nitrogens with one attached hydrogen (secondary N) is 2. The van der Waals surface area contributed by atoms with Crippen LogP contribution in [-0.4, -0.2) is 29.3 Å². The minimum Gasteiger partial charge on any atom is -0.490 e. The molecule has 2 heterocycles. The largest absolute Gasteiger partial charge is 0.490 e. The van der Waals surface area contributed by atoms with Crippen molar-refractivity contribution in [3.63, 3.8) is 0 Å². The van der Waals surface area contributed by atoms with Gasteiger partial charge in [-0.1, -0.05) is 12.1 Å². The molecule has 0 saturated heterocycles. The number of para-hydroxylation sites is 1. The maximum absolute atomic E-state index is 12.7. The van der Waals surface area contributed by atoms with Crippen molar-refractivity contribution >= 4 is 11.7 Å². The van der Waals surface area contributed by atoms with E-state index in [0.717, 1.165) is 28.3 Å². The van der Waals surface area contributed by atoms with E-state index >= 15 is 0 Å². The molecule has 1 fully saturated rings. The van der Waals surface area contributed by atoms with Crippen molar-refractivity contribution in [1.82, 2.24) is 10.2 Å². The van der Waals surface area contributed by atoms with Crippen LogP contribution in [0.25, 0.3) is 0 Å². The summed E-state index contributed by atoms with van der Waals surface area (Å²) in [6, 6.07) is 5.82. The predicted molar refractivity (Wildman–Crippen MR) is 94.2 cm³/mol. The zero-order chi connectivity index (χ0) is 17.4. The number of hydrogen-bond donors (Lipinski definition) is 2. The number of nitrogens with zero attached hydrogens (tertiary/aromatic N) is 1.